The number of hydrogen-bond donors (Lipinski definition) is 1. The third-order valence-corrected chi connectivity index (χ3v) is 5.58. The molecular formula is C22H21N3O4S. The zero-order valence-corrected chi connectivity index (χ0v) is 17.5. The topological polar surface area (TPSA) is 80.8 Å². The lowest BCUT2D eigenvalue weighted by molar-refractivity contribution is -0.118. The van der Waals surface area contributed by atoms with Gasteiger partial charge in [0, 0.05) is 36.2 Å². The van der Waals surface area contributed by atoms with Crippen LogP contribution in [0.3, 0.4) is 0 Å². The first-order valence-electron chi connectivity index (χ1n) is 9.47. The fourth-order valence-electron chi connectivity index (χ4n) is 3.32. The van der Waals surface area contributed by atoms with Gasteiger partial charge in [-0.05, 0) is 30.2 Å². The minimum absolute atomic E-state index is 0.0353. The molecule has 0 atom stereocenters. The molecule has 0 saturated heterocycles. The molecule has 3 aromatic rings. The van der Waals surface area contributed by atoms with Gasteiger partial charge in [-0.15, -0.1) is 11.3 Å². The van der Waals surface area contributed by atoms with Crippen LogP contribution in [-0.4, -0.2) is 37.1 Å². The summed E-state index contributed by atoms with van der Waals surface area (Å²) in [6, 6.07) is 13.1. The van der Waals surface area contributed by atoms with Gasteiger partial charge in [-0.3, -0.25) is 14.9 Å². The predicted octanol–water partition coefficient (Wildman–Crippen LogP) is 3.75. The first-order valence-corrected chi connectivity index (χ1v) is 10.3. The summed E-state index contributed by atoms with van der Waals surface area (Å²) in [6.45, 7) is 2.15. The van der Waals surface area contributed by atoms with E-state index in [9.17, 15) is 9.59 Å². The Hall–Kier alpha value is -3.39. The lowest BCUT2D eigenvalue weighted by atomic mass is 10.1. The fraction of sp³-hybridized carbons (Fsp3) is 0.227. The van der Waals surface area contributed by atoms with Gasteiger partial charge < -0.3 is 14.4 Å². The molecule has 0 bridgehead atoms. The number of amides is 2. The molecule has 8 heteroatoms. The van der Waals surface area contributed by atoms with Crippen molar-refractivity contribution in [3.05, 3.63) is 53.4 Å². The molecule has 1 aromatic heterocycles. The summed E-state index contributed by atoms with van der Waals surface area (Å²) >= 11 is 1.34. The van der Waals surface area contributed by atoms with Crippen molar-refractivity contribution in [2.75, 3.05) is 30.5 Å². The molecule has 0 spiro atoms. The molecule has 0 saturated carbocycles. The van der Waals surface area contributed by atoms with Gasteiger partial charge in [0.05, 0.1) is 12.8 Å². The zero-order chi connectivity index (χ0) is 21.1. The molecule has 4 rings (SSSR count). The van der Waals surface area contributed by atoms with E-state index in [1.54, 1.807) is 43.2 Å². The molecule has 7 nitrogen and oxygen atoms in total. The Morgan fingerprint density at radius 2 is 2.03 bits per heavy atom. The van der Waals surface area contributed by atoms with E-state index in [-0.39, 0.29) is 18.4 Å². The highest BCUT2D eigenvalue weighted by Crippen LogP contribution is 2.34. The predicted molar refractivity (Wildman–Crippen MR) is 116 cm³/mol. The number of nitrogens with one attached hydrogen (secondary N) is 1. The van der Waals surface area contributed by atoms with Gasteiger partial charge in [-0.25, -0.2) is 4.98 Å². The monoisotopic (exact) mass is 423 g/mol. The Labute approximate surface area is 178 Å². The number of nitrogens with zero attached hydrogens (tertiary/aromatic N) is 2. The summed E-state index contributed by atoms with van der Waals surface area (Å²) < 4.78 is 10.6. The molecule has 30 heavy (non-hydrogen) atoms. The van der Waals surface area contributed by atoms with E-state index in [0.717, 1.165) is 28.9 Å². The van der Waals surface area contributed by atoms with Crippen molar-refractivity contribution < 1.29 is 19.1 Å². The largest absolute Gasteiger partial charge is 0.497 e. The minimum Gasteiger partial charge on any atom is -0.497 e. The van der Waals surface area contributed by atoms with Crippen LogP contribution in [0, 0.1) is 0 Å². The van der Waals surface area contributed by atoms with Crippen molar-refractivity contribution in [2.45, 2.75) is 13.3 Å². The van der Waals surface area contributed by atoms with E-state index in [0.29, 0.717) is 23.2 Å². The number of fused-ring (bicyclic) bond motifs is 1. The van der Waals surface area contributed by atoms with E-state index in [1.807, 2.05) is 23.6 Å². The van der Waals surface area contributed by atoms with E-state index in [2.05, 4.69) is 10.3 Å². The molecule has 1 aliphatic heterocycles. The van der Waals surface area contributed by atoms with E-state index in [1.165, 1.54) is 11.3 Å². The van der Waals surface area contributed by atoms with Crippen LogP contribution < -0.4 is 19.7 Å². The zero-order valence-electron chi connectivity index (χ0n) is 16.7. The van der Waals surface area contributed by atoms with Crippen molar-refractivity contribution in [2.24, 2.45) is 0 Å². The Bertz CT molecular complexity index is 1100. The second-order valence-electron chi connectivity index (χ2n) is 6.82. The number of benzene rings is 2. The Balaban J connectivity index is 1.40. The Kier molecular flexibility index (Phi) is 5.67. The molecule has 154 valence electrons. The highest BCUT2D eigenvalue weighted by molar-refractivity contribution is 7.14. The number of anilines is 2. The smallest absolute Gasteiger partial charge is 0.264 e. The van der Waals surface area contributed by atoms with E-state index in [4.69, 9.17) is 9.47 Å². The maximum atomic E-state index is 12.2. The lowest BCUT2D eigenvalue weighted by Gasteiger charge is -2.15. The average Bonchev–Trinajstić information content (AvgIpc) is 3.39. The van der Waals surface area contributed by atoms with Crippen LogP contribution in [-0.2, 0) is 16.0 Å². The van der Waals surface area contributed by atoms with Crippen molar-refractivity contribution >= 4 is 34.0 Å². The Morgan fingerprint density at radius 3 is 2.83 bits per heavy atom. The van der Waals surface area contributed by atoms with Crippen LogP contribution in [0.25, 0.3) is 11.3 Å². The van der Waals surface area contributed by atoms with Gasteiger partial charge in [-0.1, -0.05) is 18.2 Å². The van der Waals surface area contributed by atoms with Gasteiger partial charge >= 0.3 is 0 Å². The quantitative estimate of drug-likeness (QED) is 0.653. The molecule has 0 fully saturated rings. The van der Waals surface area contributed by atoms with E-state index < -0.39 is 0 Å². The highest BCUT2D eigenvalue weighted by Gasteiger charge is 2.22. The van der Waals surface area contributed by atoms with Crippen molar-refractivity contribution in [3.8, 4) is 22.8 Å². The van der Waals surface area contributed by atoms with Gasteiger partial charge in [-0.2, -0.15) is 0 Å². The molecule has 2 heterocycles. The molecule has 2 amide bonds. The van der Waals surface area contributed by atoms with Gasteiger partial charge in [0.1, 0.15) is 11.5 Å². The van der Waals surface area contributed by atoms with Gasteiger partial charge in [0.2, 0.25) is 5.91 Å². The van der Waals surface area contributed by atoms with Crippen molar-refractivity contribution in [3.63, 3.8) is 0 Å². The maximum Gasteiger partial charge on any atom is 0.264 e. The van der Waals surface area contributed by atoms with Crippen molar-refractivity contribution in [1.82, 2.24) is 4.98 Å². The summed E-state index contributed by atoms with van der Waals surface area (Å²) in [4.78, 5) is 30.3. The first kappa shape index (κ1) is 19.9. The van der Waals surface area contributed by atoms with Crippen LogP contribution in [0.1, 0.15) is 12.5 Å². The SMILES string of the molecule is COc1cccc(OCC(=O)Nc2nc(-c3ccc4c(c3)N(C(C)=O)CC4)cs2)c1. The van der Waals surface area contributed by atoms with Crippen molar-refractivity contribution in [1.29, 1.82) is 0 Å². The molecule has 0 radical (unpaired) electrons. The fourth-order valence-corrected chi connectivity index (χ4v) is 4.06. The minimum atomic E-state index is -0.296. The number of ether oxygens (including phenoxy) is 2. The second kappa shape index (κ2) is 8.54. The third-order valence-electron chi connectivity index (χ3n) is 4.82. The summed E-state index contributed by atoms with van der Waals surface area (Å²) in [5, 5.41) is 5.13. The summed E-state index contributed by atoms with van der Waals surface area (Å²) in [5.74, 6) is 0.955. The number of carbonyl (C=O) groups is 2. The van der Waals surface area contributed by atoms with Crippen LogP contribution in [0.4, 0.5) is 10.8 Å². The molecular weight excluding hydrogens is 402 g/mol. The number of thiazole rings is 1. The van der Waals surface area contributed by atoms with Crippen LogP contribution in [0.15, 0.2) is 47.8 Å². The number of carbonyl (C=O) groups excluding carboxylic acids is 2. The lowest BCUT2D eigenvalue weighted by Crippen LogP contribution is -2.25. The third kappa shape index (κ3) is 4.28. The molecule has 1 aliphatic rings. The molecule has 0 unspecified atom stereocenters. The molecule has 1 N–H and O–H groups in total. The number of methoxy groups -OCH3 is 1. The molecule has 2 aromatic carbocycles. The number of aromatic nitrogens is 1. The average molecular weight is 423 g/mol. The highest BCUT2D eigenvalue weighted by atomic mass is 32.1. The van der Waals surface area contributed by atoms with Crippen LogP contribution in [0.2, 0.25) is 0 Å². The normalized spacial score (nSPS) is 12.4. The second-order valence-corrected chi connectivity index (χ2v) is 7.68. The van der Waals surface area contributed by atoms with E-state index >= 15 is 0 Å². The first-order chi connectivity index (χ1) is 14.5. The molecule has 0 aliphatic carbocycles. The number of rotatable bonds is 6. The summed E-state index contributed by atoms with van der Waals surface area (Å²) in [6.07, 6.45) is 0.862. The van der Waals surface area contributed by atoms with Crippen LogP contribution in [0.5, 0.6) is 11.5 Å². The standard InChI is InChI=1S/C22H21N3O4S/c1-14(26)25-9-8-15-6-7-16(10-20(15)25)19-13-30-22(23-19)24-21(27)12-29-18-5-3-4-17(11-18)28-2/h3-7,10-11,13H,8-9,12H2,1-2H3,(H,23,24,27). The summed E-state index contributed by atoms with van der Waals surface area (Å²) in [5.41, 5.74) is 3.76. The maximum absolute atomic E-state index is 12.2. The van der Waals surface area contributed by atoms with Crippen LogP contribution >= 0.6 is 11.3 Å². The summed E-state index contributed by atoms with van der Waals surface area (Å²) in [7, 11) is 1.57. The van der Waals surface area contributed by atoms with Gasteiger partial charge in [0.25, 0.3) is 5.91 Å². The van der Waals surface area contributed by atoms with Gasteiger partial charge in [0.15, 0.2) is 11.7 Å². The Morgan fingerprint density at radius 1 is 1.20 bits per heavy atom. The number of hydrogen-bond acceptors (Lipinski definition) is 6.